The van der Waals surface area contributed by atoms with Crippen molar-refractivity contribution in [2.24, 2.45) is 5.73 Å². The molecule has 10 heavy (non-hydrogen) atoms. The van der Waals surface area contributed by atoms with Crippen LogP contribution in [0.4, 0.5) is 0 Å². The van der Waals surface area contributed by atoms with Crippen LogP contribution < -0.4 is 5.73 Å². The van der Waals surface area contributed by atoms with Gasteiger partial charge in [-0.15, -0.1) is 0 Å². The zero-order valence-electron chi connectivity index (χ0n) is 5.81. The third-order valence-electron chi connectivity index (χ3n) is 1.18. The van der Waals surface area contributed by atoms with E-state index in [9.17, 15) is 4.79 Å². The Morgan fingerprint density at radius 1 is 1.60 bits per heavy atom. The summed E-state index contributed by atoms with van der Waals surface area (Å²) >= 11 is 0. The van der Waals surface area contributed by atoms with Gasteiger partial charge in [0, 0.05) is 5.57 Å². The van der Waals surface area contributed by atoms with Gasteiger partial charge in [0.05, 0.1) is 0 Å². The molecule has 0 aromatic heterocycles. The first-order chi connectivity index (χ1) is 4.18. The van der Waals surface area contributed by atoms with Crippen LogP contribution in [0.2, 0.25) is 0 Å². The molecule has 2 nitrogen and oxygen atoms in total. The fourth-order valence-electron chi connectivity index (χ4n) is 0.513. The summed E-state index contributed by atoms with van der Waals surface area (Å²) in [5.41, 5.74) is 5.48. The van der Waals surface area contributed by atoms with Crippen LogP contribution in [0.3, 0.4) is 0 Å². The van der Waals surface area contributed by atoms with Gasteiger partial charge in [-0.3, -0.25) is 4.79 Å². The molecule has 0 unspecified atom stereocenters. The molecule has 0 aliphatic heterocycles. The van der Waals surface area contributed by atoms with Crippen molar-refractivity contribution in [1.82, 2.24) is 0 Å². The van der Waals surface area contributed by atoms with Crippen molar-refractivity contribution in [2.75, 3.05) is 0 Å². The van der Waals surface area contributed by atoms with Gasteiger partial charge in [0.15, 0.2) is 0 Å². The number of carbonyl (C=O) groups excluding carboxylic acids is 1. The van der Waals surface area contributed by atoms with E-state index in [1.165, 1.54) is 0 Å². The third kappa shape index (κ3) is 6.33. The fourth-order valence-corrected chi connectivity index (χ4v) is 0.513. The van der Waals surface area contributed by atoms with Gasteiger partial charge in [-0.1, -0.05) is 19.9 Å². The summed E-state index contributed by atoms with van der Waals surface area (Å²) < 4.78 is 0. The van der Waals surface area contributed by atoms with Gasteiger partial charge in [-0.2, -0.15) is 0 Å². The summed E-state index contributed by atoms with van der Waals surface area (Å²) in [7, 11) is 0. The average molecular weight is 151 g/mol. The molecular weight excluding hydrogens is 137 g/mol. The molecule has 0 atom stereocenters. The van der Waals surface area contributed by atoms with E-state index in [4.69, 9.17) is 5.73 Å². The number of nitrogens with two attached hydrogens (primary N) is 1. The van der Waals surface area contributed by atoms with Gasteiger partial charge >= 0.3 is 29.6 Å². The molecule has 0 aliphatic carbocycles. The molecule has 0 aromatic rings. The Labute approximate surface area is 84.2 Å². The van der Waals surface area contributed by atoms with E-state index in [0.29, 0.717) is 5.57 Å². The summed E-state index contributed by atoms with van der Waals surface area (Å²) in [6.07, 6.45) is 2.82. The molecule has 0 rings (SSSR count). The van der Waals surface area contributed by atoms with Crippen LogP contribution in [-0.4, -0.2) is 35.5 Å². The Kier molecular flexibility index (Phi) is 9.40. The summed E-state index contributed by atoms with van der Waals surface area (Å²) in [5.74, 6) is -0.372. The van der Waals surface area contributed by atoms with E-state index in [0.717, 1.165) is 19.3 Å². The molecule has 0 fully saturated rings. The summed E-state index contributed by atoms with van der Waals surface area (Å²) in [4.78, 5) is 10.3. The van der Waals surface area contributed by atoms with Crippen LogP contribution in [0.25, 0.3) is 0 Å². The minimum atomic E-state index is -0.372. The molecule has 0 radical (unpaired) electrons. The number of unbranched alkanes of at least 4 members (excludes halogenated alkanes) is 1. The normalized spacial score (nSPS) is 8.10. The Bertz CT molecular complexity index is 123. The van der Waals surface area contributed by atoms with Gasteiger partial charge in [0.1, 0.15) is 0 Å². The topological polar surface area (TPSA) is 43.1 Å². The number of hydrogen-bond acceptors (Lipinski definition) is 1. The Morgan fingerprint density at radius 3 is 2.40 bits per heavy atom. The molecule has 0 saturated heterocycles. The first-order valence-corrected chi connectivity index (χ1v) is 3.16. The molecule has 0 saturated carbocycles. The van der Waals surface area contributed by atoms with E-state index >= 15 is 0 Å². The van der Waals surface area contributed by atoms with Crippen LogP contribution in [0.15, 0.2) is 12.2 Å². The second-order valence-corrected chi connectivity index (χ2v) is 2.07. The van der Waals surface area contributed by atoms with Crippen molar-refractivity contribution in [3.05, 3.63) is 12.2 Å². The van der Waals surface area contributed by atoms with Crippen molar-refractivity contribution >= 4 is 35.5 Å². The van der Waals surface area contributed by atoms with Crippen LogP contribution in [0.1, 0.15) is 26.2 Å². The van der Waals surface area contributed by atoms with Crippen molar-refractivity contribution in [1.29, 1.82) is 0 Å². The van der Waals surface area contributed by atoms with E-state index < -0.39 is 0 Å². The SMILES string of the molecule is C=C(CCCC)C(N)=O.[NaH]. The van der Waals surface area contributed by atoms with Crippen LogP contribution >= 0.6 is 0 Å². The van der Waals surface area contributed by atoms with Gasteiger partial charge in [0.25, 0.3) is 0 Å². The first-order valence-electron chi connectivity index (χ1n) is 3.16. The van der Waals surface area contributed by atoms with Gasteiger partial charge in [0.2, 0.25) is 5.91 Å². The van der Waals surface area contributed by atoms with E-state index in [1.807, 2.05) is 0 Å². The Hall–Kier alpha value is 0.210. The molecular formula is C7H14NNaO. The first kappa shape index (κ1) is 12.8. The average Bonchev–Trinajstić information content (AvgIpc) is 1.82. The minimum absolute atomic E-state index is 0. The second-order valence-electron chi connectivity index (χ2n) is 2.07. The van der Waals surface area contributed by atoms with Crippen LogP contribution in [0.5, 0.6) is 0 Å². The van der Waals surface area contributed by atoms with E-state index in [-0.39, 0.29) is 35.5 Å². The van der Waals surface area contributed by atoms with Crippen LogP contribution in [0, 0.1) is 0 Å². The Morgan fingerprint density at radius 2 is 2.10 bits per heavy atom. The van der Waals surface area contributed by atoms with Crippen LogP contribution in [-0.2, 0) is 4.79 Å². The van der Waals surface area contributed by atoms with Crippen molar-refractivity contribution < 1.29 is 4.79 Å². The number of hydrogen-bond donors (Lipinski definition) is 1. The summed E-state index contributed by atoms with van der Waals surface area (Å²) in [5, 5.41) is 0. The standard InChI is InChI=1S/C7H13NO.Na.H/c1-3-4-5-6(2)7(8)9;;/h2-5H2,1H3,(H2,8,9);;. The zero-order valence-corrected chi connectivity index (χ0v) is 5.81. The maximum atomic E-state index is 10.3. The van der Waals surface area contributed by atoms with Crippen molar-refractivity contribution in [3.63, 3.8) is 0 Å². The molecule has 0 spiro atoms. The summed E-state index contributed by atoms with van der Waals surface area (Å²) in [6.45, 7) is 5.58. The van der Waals surface area contributed by atoms with Gasteiger partial charge < -0.3 is 5.73 Å². The maximum absolute atomic E-state index is 10.3. The fraction of sp³-hybridized carbons (Fsp3) is 0.571. The van der Waals surface area contributed by atoms with E-state index in [2.05, 4.69) is 13.5 Å². The third-order valence-corrected chi connectivity index (χ3v) is 1.18. The molecule has 0 bridgehead atoms. The quantitative estimate of drug-likeness (QED) is 0.463. The predicted molar refractivity (Wildman–Crippen MR) is 45.0 cm³/mol. The van der Waals surface area contributed by atoms with Gasteiger partial charge in [-0.05, 0) is 12.8 Å². The number of amides is 1. The molecule has 54 valence electrons. The predicted octanol–water partition coefficient (Wildman–Crippen LogP) is 0.570. The molecule has 0 heterocycles. The molecule has 0 aliphatic rings. The summed E-state index contributed by atoms with van der Waals surface area (Å²) in [6, 6.07) is 0. The number of primary amides is 1. The number of rotatable bonds is 4. The van der Waals surface area contributed by atoms with Gasteiger partial charge in [-0.25, -0.2) is 0 Å². The van der Waals surface area contributed by atoms with Crippen molar-refractivity contribution in [2.45, 2.75) is 26.2 Å². The molecule has 2 N–H and O–H groups in total. The zero-order chi connectivity index (χ0) is 7.28. The molecule has 3 heteroatoms. The van der Waals surface area contributed by atoms with E-state index in [1.54, 1.807) is 0 Å². The monoisotopic (exact) mass is 151 g/mol. The van der Waals surface area contributed by atoms with Crippen molar-refractivity contribution in [3.8, 4) is 0 Å². The Balaban J connectivity index is 0. The molecule has 1 amide bonds. The number of carbonyl (C=O) groups is 1. The second kappa shape index (κ2) is 7.32. The molecule has 0 aromatic carbocycles.